The number of ether oxygens (including phenoxy) is 2. The van der Waals surface area contributed by atoms with Crippen molar-refractivity contribution in [1.82, 2.24) is 4.90 Å². The number of halogens is 4. The molecule has 2 rings (SSSR count). The van der Waals surface area contributed by atoms with Crippen molar-refractivity contribution in [3.63, 3.8) is 0 Å². The molecular weight excluding hydrogens is 330 g/mol. The number of carbonyl (C=O) groups excluding carboxylic acids is 1. The highest BCUT2D eigenvalue weighted by molar-refractivity contribution is 5.78. The summed E-state index contributed by atoms with van der Waals surface area (Å²) in [7, 11) is 1.54. The highest BCUT2D eigenvalue weighted by Gasteiger charge is 2.41. The third-order valence-corrected chi connectivity index (χ3v) is 3.89. The highest BCUT2D eigenvalue weighted by Crippen LogP contribution is 2.33. The van der Waals surface area contributed by atoms with Gasteiger partial charge in [0.05, 0.1) is 13.2 Å². The number of methoxy groups -OCH3 is 1. The second-order valence-corrected chi connectivity index (χ2v) is 5.58. The van der Waals surface area contributed by atoms with E-state index in [1.165, 1.54) is 12.0 Å². The van der Waals surface area contributed by atoms with Crippen molar-refractivity contribution in [2.75, 3.05) is 26.9 Å². The van der Waals surface area contributed by atoms with Gasteiger partial charge >= 0.3 is 12.3 Å². The highest BCUT2D eigenvalue weighted by atomic mass is 19.3. The minimum absolute atomic E-state index is 0.202. The molecule has 0 aromatic heterocycles. The van der Waals surface area contributed by atoms with Crippen molar-refractivity contribution >= 4 is 5.91 Å². The number of benzene rings is 1. The van der Waals surface area contributed by atoms with Gasteiger partial charge in [-0.05, 0) is 30.5 Å². The lowest BCUT2D eigenvalue weighted by Gasteiger charge is -2.25. The minimum Gasteiger partial charge on any atom is -0.497 e. The van der Waals surface area contributed by atoms with Gasteiger partial charge in [0, 0.05) is 6.54 Å². The van der Waals surface area contributed by atoms with Gasteiger partial charge in [-0.3, -0.25) is 4.79 Å². The summed E-state index contributed by atoms with van der Waals surface area (Å²) < 4.78 is 59.4. The van der Waals surface area contributed by atoms with Crippen LogP contribution < -0.4 is 4.74 Å². The number of carbonyl (C=O) groups is 1. The average Bonchev–Trinajstić information content (AvgIpc) is 3.04. The first-order chi connectivity index (χ1) is 11.3. The van der Waals surface area contributed by atoms with E-state index in [-0.39, 0.29) is 6.04 Å². The molecule has 1 aliphatic heterocycles. The van der Waals surface area contributed by atoms with Crippen molar-refractivity contribution in [3.8, 4) is 5.75 Å². The number of nitrogens with zero attached hydrogens (tertiary/aromatic N) is 1. The van der Waals surface area contributed by atoms with Crippen LogP contribution in [0.5, 0.6) is 5.75 Å². The lowest BCUT2D eigenvalue weighted by molar-refractivity contribution is -0.171. The zero-order chi connectivity index (χ0) is 17.7. The summed E-state index contributed by atoms with van der Waals surface area (Å²) in [6.07, 6.45) is -2.32. The molecule has 0 bridgehead atoms. The van der Waals surface area contributed by atoms with Crippen LogP contribution in [0.1, 0.15) is 24.4 Å². The summed E-state index contributed by atoms with van der Waals surface area (Å²) in [4.78, 5) is 13.7. The second-order valence-electron chi connectivity index (χ2n) is 5.58. The van der Waals surface area contributed by atoms with Crippen molar-refractivity contribution < 1.29 is 31.8 Å². The fraction of sp³-hybridized carbons (Fsp3) is 0.562. The predicted molar refractivity (Wildman–Crippen MR) is 78.5 cm³/mol. The molecule has 0 N–H and O–H groups in total. The molecule has 0 spiro atoms. The van der Waals surface area contributed by atoms with Gasteiger partial charge < -0.3 is 14.4 Å². The van der Waals surface area contributed by atoms with E-state index in [2.05, 4.69) is 4.74 Å². The molecule has 1 amide bonds. The molecule has 0 unspecified atom stereocenters. The van der Waals surface area contributed by atoms with Crippen LogP contribution in [0.4, 0.5) is 17.6 Å². The zero-order valence-electron chi connectivity index (χ0n) is 13.2. The first-order valence-corrected chi connectivity index (χ1v) is 7.52. The first kappa shape index (κ1) is 18.5. The molecule has 1 saturated heterocycles. The third-order valence-electron chi connectivity index (χ3n) is 3.89. The lowest BCUT2D eigenvalue weighted by Crippen LogP contribution is -2.37. The summed E-state index contributed by atoms with van der Waals surface area (Å²) in [6, 6.07) is 7.04. The molecule has 0 radical (unpaired) electrons. The Morgan fingerprint density at radius 1 is 1.42 bits per heavy atom. The van der Waals surface area contributed by atoms with Crippen molar-refractivity contribution in [2.45, 2.75) is 31.2 Å². The molecular formula is C16H19F4NO3. The molecule has 1 aromatic rings. The number of likely N-dealkylation sites (tertiary alicyclic amines) is 1. The summed E-state index contributed by atoms with van der Waals surface area (Å²) in [5.74, 6) is -4.10. The molecule has 4 nitrogen and oxygen atoms in total. The number of rotatable bonds is 7. The first-order valence-electron chi connectivity index (χ1n) is 7.52. The Morgan fingerprint density at radius 2 is 2.17 bits per heavy atom. The van der Waals surface area contributed by atoms with Gasteiger partial charge in [0.2, 0.25) is 5.91 Å². The fourth-order valence-corrected chi connectivity index (χ4v) is 2.68. The molecule has 24 heavy (non-hydrogen) atoms. The number of amides is 1. The quantitative estimate of drug-likeness (QED) is 0.709. The van der Waals surface area contributed by atoms with Crippen molar-refractivity contribution in [2.24, 2.45) is 0 Å². The number of alkyl halides is 4. The standard InChI is InChI=1S/C16H19F4NO3/c1-23-12-5-2-4-11(8-12)13-6-3-7-21(13)14(22)9-24-10-16(19,20)15(17)18/h2,4-5,8,13,15H,3,6-7,9-10H2,1H3/t13-/m0/s1. The maximum atomic E-state index is 12.8. The van der Waals surface area contributed by atoms with Crippen LogP contribution in [-0.4, -0.2) is 50.0 Å². The molecule has 1 atom stereocenters. The predicted octanol–water partition coefficient (Wildman–Crippen LogP) is 3.28. The number of hydrogen-bond donors (Lipinski definition) is 0. The third kappa shape index (κ3) is 4.37. The van der Waals surface area contributed by atoms with E-state index in [4.69, 9.17) is 4.74 Å². The largest absolute Gasteiger partial charge is 0.497 e. The monoisotopic (exact) mass is 349 g/mol. The normalized spacial score (nSPS) is 18.2. The smallest absolute Gasteiger partial charge is 0.330 e. The van der Waals surface area contributed by atoms with Crippen LogP contribution in [0, 0.1) is 0 Å². The SMILES string of the molecule is COc1cccc([C@@H]2CCCN2C(=O)COCC(F)(F)C(F)F)c1. The molecule has 1 heterocycles. The Bertz CT molecular complexity index is 568. The average molecular weight is 349 g/mol. The topological polar surface area (TPSA) is 38.8 Å². The fourth-order valence-electron chi connectivity index (χ4n) is 2.68. The molecule has 1 aliphatic rings. The van der Waals surface area contributed by atoms with Crippen LogP contribution in [0.2, 0.25) is 0 Å². The van der Waals surface area contributed by atoms with Gasteiger partial charge in [0.1, 0.15) is 19.0 Å². The Balaban J connectivity index is 1.96. The van der Waals surface area contributed by atoms with E-state index >= 15 is 0 Å². The Labute approximate surface area is 137 Å². The number of hydrogen-bond acceptors (Lipinski definition) is 3. The Kier molecular flexibility index (Phi) is 6.04. The van der Waals surface area contributed by atoms with Crippen LogP contribution in [0.3, 0.4) is 0 Å². The van der Waals surface area contributed by atoms with E-state index in [0.29, 0.717) is 12.3 Å². The Morgan fingerprint density at radius 3 is 2.83 bits per heavy atom. The van der Waals surface area contributed by atoms with E-state index in [1.54, 1.807) is 12.1 Å². The maximum absolute atomic E-state index is 12.8. The van der Waals surface area contributed by atoms with Gasteiger partial charge in [-0.15, -0.1) is 0 Å². The Hall–Kier alpha value is -1.83. The zero-order valence-corrected chi connectivity index (χ0v) is 13.2. The summed E-state index contributed by atoms with van der Waals surface area (Å²) in [5.41, 5.74) is 0.873. The molecule has 0 saturated carbocycles. The van der Waals surface area contributed by atoms with Crippen LogP contribution >= 0.6 is 0 Å². The molecule has 0 aliphatic carbocycles. The van der Waals surface area contributed by atoms with E-state index in [9.17, 15) is 22.4 Å². The van der Waals surface area contributed by atoms with Crippen LogP contribution in [0.25, 0.3) is 0 Å². The molecule has 1 aromatic carbocycles. The van der Waals surface area contributed by atoms with E-state index in [0.717, 1.165) is 18.4 Å². The summed E-state index contributed by atoms with van der Waals surface area (Å²) in [5, 5.41) is 0. The van der Waals surface area contributed by atoms with Crippen LogP contribution in [-0.2, 0) is 9.53 Å². The summed E-state index contributed by atoms with van der Waals surface area (Å²) in [6.45, 7) is -1.66. The van der Waals surface area contributed by atoms with E-state index in [1.807, 2.05) is 12.1 Å². The van der Waals surface area contributed by atoms with Gasteiger partial charge in [-0.25, -0.2) is 8.78 Å². The van der Waals surface area contributed by atoms with Crippen LogP contribution in [0.15, 0.2) is 24.3 Å². The van der Waals surface area contributed by atoms with Gasteiger partial charge in [-0.1, -0.05) is 12.1 Å². The van der Waals surface area contributed by atoms with Gasteiger partial charge in [-0.2, -0.15) is 8.78 Å². The van der Waals surface area contributed by atoms with Gasteiger partial charge in [0.15, 0.2) is 0 Å². The molecule has 8 heteroatoms. The van der Waals surface area contributed by atoms with E-state index < -0.39 is 31.5 Å². The second kappa shape index (κ2) is 7.83. The van der Waals surface area contributed by atoms with Gasteiger partial charge in [0.25, 0.3) is 0 Å². The van der Waals surface area contributed by atoms with Crippen molar-refractivity contribution in [1.29, 1.82) is 0 Å². The summed E-state index contributed by atoms with van der Waals surface area (Å²) >= 11 is 0. The molecule has 1 fully saturated rings. The minimum atomic E-state index is -4.25. The lowest BCUT2D eigenvalue weighted by atomic mass is 10.0. The molecule has 134 valence electrons. The van der Waals surface area contributed by atoms with Crippen molar-refractivity contribution in [3.05, 3.63) is 29.8 Å². The maximum Gasteiger partial charge on any atom is 0.330 e.